The minimum atomic E-state index is -0.814. The number of carbonyl (C=O) groups is 2. The zero-order valence-electron chi connectivity index (χ0n) is 12.9. The van der Waals surface area contributed by atoms with Crippen LogP contribution in [-0.4, -0.2) is 18.0 Å². The van der Waals surface area contributed by atoms with E-state index in [-0.39, 0.29) is 5.91 Å². The van der Waals surface area contributed by atoms with E-state index in [0.29, 0.717) is 17.7 Å². The first-order valence-corrected chi connectivity index (χ1v) is 7.80. The van der Waals surface area contributed by atoms with E-state index in [2.05, 4.69) is 5.32 Å². The van der Waals surface area contributed by atoms with Crippen LogP contribution in [0.3, 0.4) is 0 Å². The van der Waals surface area contributed by atoms with E-state index in [1.165, 1.54) is 0 Å². The summed E-state index contributed by atoms with van der Waals surface area (Å²) in [6.45, 7) is 0. The number of amides is 1. The van der Waals surface area contributed by atoms with E-state index in [9.17, 15) is 9.59 Å². The topological polar surface area (TPSA) is 55.4 Å². The number of fused-ring (bicyclic) bond motifs is 2. The molecule has 24 heavy (non-hydrogen) atoms. The van der Waals surface area contributed by atoms with Gasteiger partial charge in [-0.2, -0.15) is 0 Å². The molecule has 0 saturated heterocycles. The Morgan fingerprint density at radius 2 is 1.71 bits per heavy atom. The van der Waals surface area contributed by atoms with Crippen molar-refractivity contribution >= 4 is 28.3 Å². The second-order valence-electron chi connectivity index (χ2n) is 5.77. The van der Waals surface area contributed by atoms with Crippen LogP contribution in [0.4, 0.5) is 5.69 Å². The SMILES string of the molecule is O=C1O[C@H](C(=O)Nc2cccc3ccccc23)Cc2ccccc21. The summed E-state index contributed by atoms with van der Waals surface area (Å²) in [5, 5.41) is 4.89. The van der Waals surface area contributed by atoms with Crippen molar-refractivity contribution in [3.05, 3.63) is 77.9 Å². The number of anilines is 1. The summed E-state index contributed by atoms with van der Waals surface area (Å²) in [4.78, 5) is 24.6. The average Bonchev–Trinajstić information content (AvgIpc) is 2.62. The molecule has 4 nitrogen and oxygen atoms in total. The van der Waals surface area contributed by atoms with E-state index >= 15 is 0 Å². The van der Waals surface area contributed by atoms with E-state index < -0.39 is 12.1 Å². The van der Waals surface area contributed by atoms with Crippen LogP contribution in [0.25, 0.3) is 10.8 Å². The molecule has 0 fully saturated rings. The summed E-state index contributed by atoms with van der Waals surface area (Å²) in [6.07, 6.45) is -0.426. The molecular formula is C20H15NO3. The number of ether oxygens (including phenoxy) is 1. The Hall–Kier alpha value is -3.14. The lowest BCUT2D eigenvalue weighted by Gasteiger charge is -2.24. The molecule has 1 aliphatic heterocycles. The van der Waals surface area contributed by atoms with Gasteiger partial charge in [-0.1, -0.05) is 54.6 Å². The molecule has 1 N–H and O–H groups in total. The Labute approximate surface area is 139 Å². The molecule has 118 valence electrons. The maximum atomic E-state index is 12.6. The number of benzene rings is 3. The fourth-order valence-electron chi connectivity index (χ4n) is 3.03. The number of hydrogen-bond acceptors (Lipinski definition) is 3. The zero-order chi connectivity index (χ0) is 16.5. The standard InChI is InChI=1S/C20H15NO3/c22-19(18-12-14-7-2-4-10-16(14)20(23)24-18)21-17-11-5-8-13-6-1-3-9-15(13)17/h1-11,18H,12H2,(H,21,22)/t18-/m0/s1. The number of hydrogen-bond donors (Lipinski definition) is 1. The van der Waals surface area contributed by atoms with Crippen LogP contribution in [0.2, 0.25) is 0 Å². The first-order chi connectivity index (χ1) is 11.7. The molecule has 1 amide bonds. The Morgan fingerprint density at radius 1 is 0.958 bits per heavy atom. The highest BCUT2D eigenvalue weighted by Gasteiger charge is 2.31. The predicted octanol–water partition coefficient (Wildman–Crippen LogP) is 3.56. The fraction of sp³-hybridized carbons (Fsp3) is 0.100. The summed E-state index contributed by atoms with van der Waals surface area (Å²) >= 11 is 0. The lowest BCUT2D eigenvalue weighted by atomic mass is 9.98. The molecule has 0 spiro atoms. The van der Waals surface area contributed by atoms with E-state index in [4.69, 9.17) is 4.74 Å². The van der Waals surface area contributed by atoms with Gasteiger partial charge in [-0.15, -0.1) is 0 Å². The van der Waals surface area contributed by atoms with Crippen molar-refractivity contribution in [2.24, 2.45) is 0 Å². The van der Waals surface area contributed by atoms with E-state index in [0.717, 1.165) is 16.3 Å². The maximum absolute atomic E-state index is 12.6. The highest BCUT2D eigenvalue weighted by molar-refractivity contribution is 6.05. The Morgan fingerprint density at radius 3 is 2.62 bits per heavy atom. The van der Waals surface area contributed by atoms with Gasteiger partial charge in [-0.25, -0.2) is 4.79 Å². The fourth-order valence-corrected chi connectivity index (χ4v) is 3.03. The molecule has 1 aliphatic rings. The number of carbonyl (C=O) groups excluding carboxylic acids is 2. The molecule has 4 rings (SSSR count). The van der Waals surface area contributed by atoms with Crippen molar-refractivity contribution in [3.63, 3.8) is 0 Å². The van der Waals surface area contributed by atoms with Crippen molar-refractivity contribution in [3.8, 4) is 0 Å². The van der Waals surface area contributed by atoms with Gasteiger partial charge in [0.05, 0.1) is 5.56 Å². The summed E-state index contributed by atoms with van der Waals surface area (Å²) in [7, 11) is 0. The normalized spacial score (nSPS) is 16.3. The van der Waals surface area contributed by atoms with Gasteiger partial charge in [0.1, 0.15) is 0 Å². The van der Waals surface area contributed by atoms with E-state index in [1.807, 2.05) is 54.6 Å². The number of esters is 1. The smallest absolute Gasteiger partial charge is 0.339 e. The first-order valence-electron chi connectivity index (χ1n) is 7.80. The summed E-state index contributed by atoms with van der Waals surface area (Å²) in [5.41, 5.74) is 2.09. The molecule has 0 aliphatic carbocycles. The number of rotatable bonds is 2. The van der Waals surface area contributed by atoms with Crippen molar-refractivity contribution in [2.45, 2.75) is 12.5 Å². The lowest BCUT2D eigenvalue weighted by molar-refractivity contribution is -0.125. The third-order valence-corrected chi connectivity index (χ3v) is 4.23. The molecule has 1 heterocycles. The predicted molar refractivity (Wildman–Crippen MR) is 91.9 cm³/mol. The highest BCUT2D eigenvalue weighted by Crippen LogP contribution is 2.25. The molecule has 3 aromatic rings. The van der Waals surface area contributed by atoms with Gasteiger partial charge in [-0.3, -0.25) is 4.79 Å². The Kier molecular flexibility index (Phi) is 3.50. The molecule has 0 unspecified atom stereocenters. The summed E-state index contributed by atoms with van der Waals surface area (Å²) in [6, 6.07) is 20.8. The van der Waals surface area contributed by atoms with Crippen LogP contribution < -0.4 is 5.32 Å². The Bertz CT molecular complexity index is 943. The van der Waals surface area contributed by atoms with Crippen LogP contribution in [0.5, 0.6) is 0 Å². The van der Waals surface area contributed by atoms with E-state index in [1.54, 1.807) is 12.1 Å². The minimum Gasteiger partial charge on any atom is -0.448 e. The van der Waals surface area contributed by atoms with Crippen LogP contribution in [-0.2, 0) is 16.0 Å². The van der Waals surface area contributed by atoms with Gasteiger partial charge in [0.15, 0.2) is 6.10 Å². The second-order valence-corrected chi connectivity index (χ2v) is 5.77. The van der Waals surface area contributed by atoms with Crippen LogP contribution in [0.15, 0.2) is 66.7 Å². The minimum absolute atomic E-state index is 0.311. The zero-order valence-corrected chi connectivity index (χ0v) is 12.9. The van der Waals surface area contributed by atoms with Gasteiger partial charge >= 0.3 is 5.97 Å². The third kappa shape index (κ3) is 2.52. The van der Waals surface area contributed by atoms with Gasteiger partial charge in [0.25, 0.3) is 5.91 Å². The van der Waals surface area contributed by atoms with Crippen molar-refractivity contribution < 1.29 is 14.3 Å². The monoisotopic (exact) mass is 317 g/mol. The molecule has 4 heteroatoms. The molecule has 0 aromatic heterocycles. The molecule has 3 aromatic carbocycles. The quantitative estimate of drug-likeness (QED) is 0.735. The average molecular weight is 317 g/mol. The lowest BCUT2D eigenvalue weighted by Crippen LogP contribution is -2.38. The highest BCUT2D eigenvalue weighted by atomic mass is 16.5. The van der Waals surface area contributed by atoms with Crippen LogP contribution in [0, 0.1) is 0 Å². The summed E-state index contributed by atoms with van der Waals surface area (Å²) < 4.78 is 5.31. The molecule has 0 saturated carbocycles. The second kappa shape index (κ2) is 5.81. The van der Waals surface area contributed by atoms with Crippen molar-refractivity contribution in [2.75, 3.05) is 5.32 Å². The number of nitrogens with one attached hydrogen (secondary N) is 1. The molecule has 1 atom stereocenters. The van der Waals surface area contributed by atoms with Gasteiger partial charge in [0.2, 0.25) is 0 Å². The Balaban J connectivity index is 1.60. The number of cyclic esters (lactones) is 1. The first kappa shape index (κ1) is 14.5. The van der Waals surface area contributed by atoms with Gasteiger partial charge in [-0.05, 0) is 23.1 Å². The molecule has 0 bridgehead atoms. The third-order valence-electron chi connectivity index (χ3n) is 4.23. The largest absolute Gasteiger partial charge is 0.448 e. The van der Waals surface area contributed by atoms with Crippen molar-refractivity contribution in [1.82, 2.24) is 0 Å². The van der Waals surface area contributed by atoms with Crippen LogP contribution >= 0.6 is 0 Å². The van der Waals surface area contributed by atoms with Crippen LogP contribution in [0.1, 0.15) is 15.9 Å². The van der Waals surface area contributed by atoms with Gasteiger partial charge in [0, 0.05) is 17.5 Å². The van der Waals surface area contributed by atoms with Crippen molar-refractivity contribution in [1.29, 1.82) is 0 Å². The molecular weight excluding hydrogens is 302 g/mol. The van der Waals surface area contributed by atoms with Gasteiger partial charge < -0.3 is 10.1 Å². The molecule has 0 radical (unpaired) electrons. The summed E-state index contributed by atoms with van der Waals surface area (Å²) in [5.74, 6) is -0.760. The maximum Gasteiger partial charge on any atom is 0.339 e.